The highest BCUT2D eigenvalue weighted by molar-refractivity contribution is 5.95. The number of aryl methyl sites for hydroxylation is 1. The third-order valence-corrected chi connectivity index (χ3v) is 5.25. The molecule has 3 rings (SSSR count). The first-order chi connectivity index (χ1) is 12.8. The summed E-state index contributed by atoms with van der Waals surface area (Å²) in [4.78, 5) is 14.6. The fourth-order valence-electron chi connectivity index (χ4n) is 3.57. The number of halogens is 3. The minimum Gasteiger partial charge on any atom is -0.388 e. The van der Waals surface area contributed by atoms with Crippen LogP contribution < -0.4 is 5.32 Å². The maximum atomic E-state index is 12.8. The van der Waals surface area contributed by atoms with E-state index >= 15 is 0 Å². The van der Waals surface area contributed by atoms with Crippen molar-refractivity contribution in [2.75, 3.05) is 25.5 Å². The molecule has 0 atom stereocenters. The van der Waals surface area contributed by atoms with Crippen LogP contribution in [0.4, 0.5) is 18.9 Å². The second-order valence-corrected chi connectivity index (χ2v) is 6.97. The smallest absolute Gasteiger partial charge is 0.388 e. The first-order valence-corrected chi connectivity index (χ1v) is 9.04. The Balaban J connectivity index is 1.64. The molecule has 0 aromatic heterocycles. The number of carbonyl (C=O) groups is 1. The second kappa shape index (κ2) is 7.62. The summed E-state index contributed by atoms with van der Waals surface area (Å²) in [5.74, 6) is 0.180. The van der Waals surface area contributed by atoms with E-state index in [2.05, 4.69) is 5.32 Å². The topological polar surface area (TPSA) is 32.3 Å². The van der Waals surface area contributed by atoms with E-state index < -0.39 is 11.7 Å². The molecule has 0 aliphatic carbocycles. The quantitative estimate of drug-likeness (QED) is 0.811. The Morgan fingerprint density at radius 2 is 1.70 bits per heavy atom. The van der Waals surface area contributed by atoms with Crippen molar-refractivity contribution in [2.45, 2.75) is 31.9 Å². The molecule has 6 heteroatoms. The van der Waals surface area contributed by atoms with Gasteiger partial charge in [-0.05, 0) is 61.1 Å². The van der Waals surface area contributed by atoms with Crippen LogP contribution >= 0.6 is 0 Å². The number of amides is 1. The van der Waals surface area contributed by atoms with Gasteiger partial charge in [-0.3, -0.25) is 4.79 Å². The summed E-state index contributed by atoms with van der Waals surface area (Å²) in [6.07, 6.45) is -2.81. The molecule has 1 aliphatic heterocycles. The summed E-state index contributed by atoms with van der Waals surface area (Å²) in [5.41, 5.74) is 2.94. The predicted octanol–water partition coefficient (Wildman–Crippen LogP) is 5.08. The monoisotopic (exact) mass is 376 g/mol. The van der Waals surface area contributed by atoms with Gasteiger partial charge in [0.2, 0.25) is 0 Å². The molecule has 1 amide bonds. The van der Waals surface area contributed by atoms with Gasteiger partial charge in [0, 0.05) is 31.4 Å². The van der Waals surface area contributed by atoms with Gasteiger partial charge in [0.15, 0.2) is 0 Å². The molecule has 144 valence electrons. The van der Waals surface area contributed by atoms with Gasteiger partial charge in [-0.15, -0.1) is 0 Å². The highest BCUT2D eigenvalue weighted by atomic mass is 19.4. The van der Waals surface area contributed by atoms with E-state index in [0.29, 0.717) is 18.7 Å². The third-order valence-electron chi connectivity index (χ3n) is 5.25. The van der Waals surface area contributed by atoms with Crippen LogP contribution in [0.5, 0.6) is 0 Å². The lowest BCUT2D eigenvalue weighted by molar-refractivity contribution is -0.137. The lowest BCUT2D eigenvalue weighted by Gasteiger charge is -2.32. The van der Waals surface area contributed by atoms with Crippen LogP contribution in [0.1, 0.15) is 45.8 Å². The van der Waals surface area contributed by atoms with E-state index in [-0.39, 0.29) is 11.8 Å². The molecule has 0 saturated carbocycles. The number of alkyl halides is 3. The molecule has 1 N–H and O–H groups in total. The summed E-state index contributed by atoms with van der Waals surface area (Å²) >= 11 is 0. The minimum atomic E-state index is -4.31. The van der Waals surface area contributed by atoms with E-state index in [1.807, 2.05) is 37.1 Å². The van der Waals surface area contributed by atoms with Crippen molar-refractivity contribution in [1.29, 1.82) is 0 Å². The van der Waals surface area contributed by atoms with Crippen molar-refractivity contribution in [1.82, 2.24) is 4.90 Å². The normalized spacial score (nSPS) is 15.7. The van der Waals surface area contributed by atoms with Crippen molar-refractivity contribution in [3.63, 3.8) is 0 Å². The number of rotatable bonds is 3. The highest BCUT2D eigenvalue weighted by Gasteiger charge is 2.31. The number of hydrogen-bond acceptors (Lipinski definition) is 2. The zero-order valence-electron chi connectivity index (χ0n) is 15.4. The molecule has 0 radical (unpaired) electrons. The number of likely N-dealkylation sites (tertiary alicyclic amines) is 1. The predicted molar refractivity (Wildman–Crippen MR) is 100 cm³/mol. The molecule has 1 aliphatic rings. The van der Waals surface area contributed by atoms with E-state index in [1.165, 1.54) is 0 Å². The van der Waals surface area contributed by atoms with Gasteiger partial charge in [-0.25, -0.2) is 0 Å². The number of benzene rings is 2. The summed E-state index contributed by atoms with van der Waals surface area (Å²) in [7, 11) is 1.83. The maximum absolute atomic E-state index is 12.8. The zero-order chi connectivity index (χ0) is 19.6. The number of hydrogen-bond donors (Lipinski definition) is 1. The SMILES string of the molecule is CNc1cc(C(=O)N2CCC(c3ccc(C(F)(F)F)cc3)CC2)ccc1C. The van der Waals surface area contributed by atoms with Gasteiger partial charge in [-0.1, -0.05) is 18.2 Å². The Morgan fingerprint density at radius 3 is 2.26 bits per heavy atom. The molecule has 0 spiro atoms. The number of nitrogens with one attached hydrogen (secondary N) is 1. The average Bonchev–Trinajstić information content (AvgIpc) is 2.67. The molecule has 0 unspecified atom stereocenters. The van der Waals surface area contributed by atoms with Crippen molar-refractivity contribution in [3.05, 3.63) is 64.7 Å². The van der Waals surface area contributed by atoms with E-state index in [1.54, 1.807) is 12.1 Å². The summed E-state index contributed by atoms with van der Waals surface area (Å²) in [6.45, 7) is 3.19. The maximum Gasteiger partial charge on any atom is 0.416 e. The van der Waals surface area contributed by atoms with E-state index in [4.69, 9.17) is 0 Å². The number of nitrogens with zero attached hydrogens (tertiary/aromatic N) is 1. The Morgan fingerprint density at radius 1 is 1.07 bits per heavy atom. The molecular weight excluding hydrogens is 353 g/mol. The lowest BCUT2D eigenvalue weighted by atomic mass is 9.88. The molecule has 0 bridgehead atoms. The van der Waals surface area contributed by atoms with Gasteiger partial charge < -0.3 is 10.2 Å². The Labute approximate surface area is 157 Å². The van der Waals surface area contributed by atoms with E-state index in [9.17, 15) is 18.0 Å². The van der Waals surface area contributed by atoms with Crippen LogP contribution in [0.15, 0.2) is 42.5 Å². The molecule has 1 saturated heterocycles. The van der Waals surface area contributed by atoms with Crippen LogP contribution in [0.2, 0.25) is 0 Å². The highest BCUT2D eigenvalue weighted by Crippen LogP contribution is 2.33. The van der Waals surface area contributed by atoms with Crippen molar-refractivity contribution < 1.29 is 18.0 Å². The molecule has 2 aromatic carbocycles. The number of piperidine rings is 1. The first-order valence-electron chi connectivity index (χ1n) is 9.04. The summed E-state index contributed by atoms with van der Waals surface area (Å²) < 4.78 is 38.1. The van der Waals surface area contributed by atoms with Gasteiger partial charge in [-0.2, -0.15) is 13.2 Å². The molecule has 3 nitrogen and oxygen atoms in total. The van der Waals surface area contributed by atoms with Crippen LogP contribution in [-0.4, -0.2) is 30.9 Å². The van der Waals surface area contributed by atoms with Gasteiger partial charge >= 0.3 is 6.18 Å². The van der Waals surface area contributed by atoms with Gasteiger partial charge in [0.1, 0.15) is 0 Å². The Kier molecular flexibility index (Phi) is 5.44. The first kappa shape index (κ1) is 19.3. The Hall–Kier alpha value is -2.50. The van der Waals surface area contributed by atoms with Crippen molar-refractivity contribution in [3.8, 4) is 0 Å². The third kappa shape index (κ3) is 4.26. The van der Waals surface area contributed by atoms with Crippen molar-refractivity contribution in [2.24, 2.45) is 0 Å². The number of anilines is 1. The molecule has 1 heterocycles. The molecular formula is C21H23F3N2O. The van der Waals surface area contributed by atoms with Crippen LogP contribution in [0.3, 0.4) is 0 Å². The summed E-state index contributed by atoms with van der Waals surface area (Å²) in [5, 5.41) is 3.09. The fourth-order valence-corrected chi connectivity index (χ4v) is 3.57. The fraction of sp³-hybridized carbons (Fsp3) is 0.381. The molecule has 1 fully saturated rings. The average molecular weight is 376 g/mol. The van der Waals surface area contributed by atoms with Crippen LogP contribution in [0.25, 0.3) is 0 Å². The largest absolute Gasteiger partial charge is 0.416 e. The second-order valence-electron chi connectivity index (χ2n) is 6.97. The Bertz CT molecular complexity index is 807. The van der Waals surface area contributed by atoms with Crippen molar-refractivity contribution >= 4 is 11.6 Å². The molecule has 2 aromatic rings. The standard InChI is InChI=1S/C21H23F3N2O/c1-14-3-4-17(13-19(14)25-2)20(27)26-11-9-16(10-12-26)15-5-7-18(8-6-15)21(22,23)24/h3-8,13,16,25H,9-12H2,1-2H3. The zero-order valence-corrected chi connectivity index (χ0v) is 15.4. The molecule has 27 heavy (non-hydrogen) atoms. The summed E-state index contributed by atoms with van der Waals surface area (Å²) in [6, 6.07) is 11.0. The van der Waals surface area contributed by atoms with Gasteiger partial charge in [0.25, 0.3) is 5.91 Å². The van der Waals surface area contributed by atoms with Crippen LogP contribution in [0, 0.1) is 6.92 Å². The number of carbonyl (C=O) groups excluding carboxylic acids is 1. The van der Waals surface area contributed by atoms with Crippen LogP contribution in [-0.2, 0) is 6.18 Å². The lowest BCUT2D eigenvalue weighted by Crippen LogP contribution is -2.38. The van der Waals surface area contributed by atoms with Gasteiger partial charge in [0.05, 0.1) is 5.56 Å². The van der Waals surface area contributed by atoms with E-state index in [0.717, 1.165) is 41.8 Å². The minimum absolute atomic E-state index is 0.00244.